The third-order valence-electron chi connectivity index (χ3n) is 0.778. The first kappa shape index (κ1) is 42.7. The molecular formula is C11H41O5PSi2. The van der Waals surface area contributed by atoms with Crippen molar-refractivity contribution in [3.05, 3.63) is 0 Å². The lowest BCUT2D eigenvalue weighted by atomic mass is 11.9. The molecule has 0 heterocycles. The van der Waals surface area contributed by atoms with Crippen molar-refractivity contribution in [1.29, 1.82) is 0 Å². The van der Waals surface area contributed by atoms with Gasteiger partial charge in [0, 0.05) is 6.66 Å². The molecule has 0 aliphatic rings. The largest absolute Gasteiger partial charge is 0.411 e. The van der Waals surface area contributed by atoms with Crippen molar-refractivity contribution in [2.45, 2.75) is 70.7 Å². The molecule has 0 rings (SSSR count). The van der Waals surface area contributed by atoms with Crippen LogP contribution in [-0.2, 0) is 13.0 Å². The van der Waals surface area contributed by atoms with E-state index in [0.717, 1.165) is 0 Å². The van der Waals surface area contributed by atoms with E-state index in [4.69, 9.17) is 8.43 Å². The molecule has 0 radical (unpaired) electrons. The Morgan fingerprint density at radius 2 is 0.895 bits per heavy atom. The summed E-state index contributed by atoms with van der Waals surface area (Å²) in [6, 6.07) is 0. The van der Waals surface area contributed by atoms with E-state index in [1.165, 1.54) is 32.9 Å². The Balaban J connectivity index is -0.0000000480. The first-order valence-corrected chi connectivity index (χ1v) is 11.6. The van der Waals surface area contributed by atoms with E-state index in [1.54, 1.807) is 0 Å². The number of rotatable bonds is 4. The SMILES string of the molecule is C.C.C.C.C.C.C[Si](C)(O)OP(C)(=O)O[Si](C)(C)O. The molecule has 0 spiro atoms. The molecule has 2 N–H and O–H groups in total. The summed E-state index contributed by atoms with van der Waals surface area (Å²) in [5, 5.41) is 0. The smallest absolute Gasteiger partial charge is 0.337 e. The molecule has 0 aromatic rings. The summed E-state index contributed by atoms with van der Waals surface area (Å²) in [5.74, 6) is 0. The summed E-state index contributed by atoms with van der Waals surface area (Å²) in [6.07, 6.45) is 0. The Morgan fingerprint density at radius 1 is 0.737 bits per heavy atom. The van der Waals surface area contributed by atoms with Crippen molar-refractivity contribution in [1.82, 2.24) is 0 Å². The van der Waals surface area contributed by atoms with Gasteiger partial charge in [-0.2, -0.15) is 0 Å². The highest BCUT2D eigenvalue weighted by molar-refractivity contribution is 7.56. The monoisotopic (exact) mass is 340 g/mol. The molecule has 0 aromatic heterocycles. The van der Waals surface area contributed by atoms with Crippen LogP contribution in [0.4, 0.5) is 0 Å². The van der Waals surface area contributed by atoms with Crippen LogP contribution in [0.15, 0.2) is 0 Å². The van der Waals surface area contributed by atoms with Crippen LogP contribution in [0, 0.1) is 0 Å². The molecule has 0 bridgehead atoms. The Kier molecular flexibility index (Phi) is 30.3. The van der Waals surface area contributed by atoms with Gasteiger partial charge in [0.2, 0.25) is 0 Å². The summed E-state index contributed by atoms with van der Waals surface area (Å²) in [6.45, 7) is 7.19. The minimum Gasteiger partial charge on any atom is -0.411 e. The van der Waals surface area contributed by atoms with Crippen LogP contribution < -0.4 is 0 Å². The molecule has 5 nitrogen and oxygen atoms in total. The Bertz CT molecular complexity index is 204. The van der Waals surface area contributed by atoms with Crippen LogP contribution in [-0.4, -0.2) is 33.4 Å². The predicted octanol–water partition coefficient (Wildman–Crippen LogP) is 5.05. The lowest BCUT2D eigenvalue weighted by molar-refractivity contribution is 0.308. The molecule has 0 atom stereocenters. The van der Waals surface area contributed by atoms with Gasteiger partial charge in [-0.15, -0.1) is 0 Å². The van der Waals surface area contributed by atoms with Crippen LogP contribution in [0.1, 0.15) is 44.6 Å². The third-order valence-corrected chi connectivity index (χ3v) is 7.01. The van der Waals surface area contributed by atoms with Gasteiger partial charge in [-0.1, -0.05) is 44.6 Å². The summed E-state index contributed by atoms with van der Waals surface area (Å²) < 4.78 is 21.4. The van der Waals surface area contributed by atoms with Gasteiger partial charge >= 0.3 is 24.7 Å². The summed E-state index contributed by atoms with van der Waals surface area (Å²) in [7, 11) is -9.05. The van der Waals surface area contributed by atoms with Crippen LogP contribution in [0.2, 0.25) is 26.2 Å². The van der Waals surface area contributed by atoms with Gasteiger partial charge in [0.25, 0.3) is 0 Å². The summed E-state index contributed by atoms with van der Waals surface area (Å²) in [5.41, 5.74) is 0. The lowest BCUT2D eigenvalue weighted by Crippen LogP contribution is -2.33. The molecule has 19 heavy (non-hydrogen) atoms. The van der Waals surface area contributed by atoms with Crippen molar-refractivity contribution >= 4 is 24.7 Å². The molecule has 0 saturated heterocycles. The lowest BCUT2D eigenvalue weighted by Gasteiger charge is -2.25. The zero-order chi connectivity index (χ0) is 10.9. The van der Waals surface area contributed by atoms with Gasteiger partial charge in [-0.25, -0.2) is 0 Å². The predicted molar refractivity (Wildman–Crippen MR) is 95.5 cm³/mol. The molecule has 0 fully saturated rings. The molecule has 0 aliphatic carbocycles. The van der Waals surface area contributed by atoms with Gasteiger partial charge in [0.05, 0.1) is 0 Å². The Labute approximate surface area is 125 Å². The fourth-order valence-electron chi connectivity index (χ4n) is 0.830. The van der Waals surface area contributed by atoms with Crippen molar-refractivity contribution < 1.29 is 22.6 Å². The van der Waals surface area contributed by atoms with Crippen LogP contribution >= 0.6 is 7.60 Å². The quantitative estimate of drug-likeness (QED) is 0.553. The van der Waals surface area contributed by atoms with E-state index in [9.17, 15) is 14.2 Å². The van der Waals surface area contributed by atoms with Crippen LogP contribution in [0.5, 0.6) is 0 Å². The Morgan fingerprint density at radius 3 is 1.00 bits per heavy atom. The minimum absolute atomic E-state index is 0. The normalized spacial score (nSPS) is 10.1. The van der Waals surface area contributed by atoms with E-state index >= 15 is 0 Å². The molecule has 0 amide bonds. The molecule has 8 heteroatoms. The third kappa shape index (κ3) is 32.2. The summed E-state index contributed by atoms with van der Waals surface area (Å²) >= 11 is 0. The van der Waals surface area contributed by atoms with E-state index in [-0.39, 0.29) is 44.6 Å². The maximum atomic E-state index is 11.6. The van der Waals surface area contributed by atoms with Crippen LogP contribution in [0.25, 0.3) is 0 Å². The highest BCUT2D eigenvalue weighted by atomic mass is 31.2. The van der Waals surface area contributed by atoms with Crippen molar-refractivity contribution in [3.63, 3.8) is 0 Å². The van der Waals surface area contributed by atoms with Gasteiger partial charge in [0.1, 0.15) is 0 Å². The maximum absolute atomic E-state index is 11.6. The highest BCUT2D eigenvalue weighted by Crippen LogP contribution is 2.48. The number of hydrogen-bond acceptors (Lipinski definition) is 5. The van der Waals surface area contributed by atoms with Crippen LogP contribution in [0.3, 0.4) is 0 Å². The molecule has 0 saturated carbocycles. The Hall–Kier alpha value is 0.504. The second-order valence-corrected chi connectivity index (χ2v) is 12.6. The zero-order valence-electron chi connectivity index (χ0n) is 8.57. The summed E-state index contributed by atoms with van der Waals surface area (Å²) in [4.78, 5) is 18.7. The topological polar surface area (TPSA) is 76.0 Å². The second kappa shape index (κ2) is 13.5. The first-order valence-electron chi connectivity index (χ1n) is 3.85. The molecule has 0 aromatic carbocycles. The maximum Gasteiger partial charge on any atom is 0.337 e. The van der Waals surface area contributed by atoms with E-state index in [0.29, 0.717) is 0 Å². The van der Waals surface area contributed by atoms with E-state index in [1.807, 2.05) is 0 Å². The van der Waals surface area contributed by atoms with Crippen molar-refractivity contribution in [3.8, 4) is 0 Å². The van der Waals surface area contributed by atoms with E-state index in [2.05, 4.69) is 0 Å². The fourth-order valence-corrected chi connectivity index (χ4v) is 7.81. The zero-order valence-corrected chi connectivity index (χ0v) is 11.5. The average Bonchev–Trinajstić information content (AvgIpc) is 1.43. The number of hydrogen-bond donors (Lipinski definition) is 2. The molecular weight excluding hydrogens is 299 g/mol. The average molecular weight is 341 g/mol. The first-order chi connectivity index (χ1) is 5.41. The van der Waals surface area contributed by atoms with Gasteiger partial charge in [0.15, 0.2) is 0 Å². The van der Waals surface area contributed by atoms with Crippen molar-refractivity contribution in [2.75, 3.05) is 6.66 Å². The second-order valence-electron chi connectivity index (χ2n) is 3.85. The van der Waals surface area contributed by atoms with Gasteiger partial charge < -0.3 is 18.0 Å². The van der Waals surface area contributed by atoms with E-state index < -0.39 is 24.7 Å². The van der Waals surface area contributed by atoms with Crippen molar-refractivity contribution in [2.24, 2.45) is 0 Å². The standard InChI is InChI=1S/C5H17O5PSi2.6CH4/c1-11(6,9-12(2,3)7)10-13(4,5)8;;;;;;/h7-8H,1-5H3;6*1H4. The molecule has 0 aliphatic heterocycles. The fraction of sp³-hybridized carbons (Fsp3) is 1.00. The highest BCUT2D eigenvalue weighted by Gasteiger charge is 2.35. The molecule has 128 valence electrons. The van der Waals surface area contributed by atoms with Gasteiger partial charge in [-0.05, 0) is 26.2 Å². The molecule has 0 unspecified atom stereocenters. The minimum atomic E-state index is -3.31. The van der Waals surface area contributed by atoms with Gasteiger partial charge in [-0.3, -0.25) is 4.57 Å².